The molecular weight excluding hydrogens is 184 g/mol. The molecule has 4 atom stereocenters. The van der Waals surface area contributed by atoms with Gasteiger partial charge in [-0.15, -0.1) is 0 Å². The lowest BCUT2D eigenvalue weighted by Crippen LogP contribution is -2.52. The van der Waals surface area contributed by atoms with Gasteiger partial charge in [-0.2, -0.15) is 0 Å². The number of aliphatic hydroxyl groups is 5. The lowest BCUT2D eigenvalue weighted by atomic mass is 10.0. The highest BCUT2D eigenvalue weighted by atomic mass is 16.4. The fraction of sp³-hybridized carbons (Fsp3) is 0.833. The first-order chi connectivity index (χ1) is 5.91. The van der Waals surface area contributed by atoms with Crippen molar-refractivity contribution in [1.82, 2.24) is 0 Å². The average Bonchev–Trinajstić information content (AvgIpc) is 2.12. The van der Waals surface area contributed by atoms with E-state index in [-0.39, 0.29) is 0 Å². The fourth-order valence-corrected chi connectivity index (χ4v) is 0.662. The molecule has 0 aromatic rings. The average molecular weight is 195 g/mol. The van der Waals surface area contributed by atoms with Crippen molar-refractivity contribution in [3.05, 3.63) is 0 Å². The Morgan fingerprint density at radius 2 is 1.62 bits per heavy atom. The molecule has 0 rings (SSSR count). The van der Waals surface area contributed by atoms with E-state index in [1.165, 1.54) is 0 Å². The summed E-state index contributed by atoms with van der Waals surface area (Å²) in [6.45, 7) is -0.863. The maximum Gasteiger partial charge on any atom is 0.122 e. The van der Waals surface area contributed by atoms with E-state index in [9.17, 15) is 9.90 Å². The van der Waals surface area contributed by atoms with Crippen LogP contribution in [0.2, 0.25) is 0 Å². The molecule has 0 amide bonds. The van der Waals surface area contributed by atoms with Crippen molar-refractivity contribution in [2.24, 2.45) is 0 Å². The number of carbonyl (C=O) groups is 1. The molecule has 0 aliphatic carbocycles. The second-order valence-corrected chi connectivity index (χ2v) is 2.49. The second kappa shape index (κ2) is 5.10. The molecule has 0 aromatic heterocycles. The molecular formula is C6H11O7-. The van der Waals surface area contributed by atoms with Gasteiger partial charge in [0, 0.05) is 0 Å². The summed E-state index contributed by atoms with van der Waals surface area (Å²) >= 11 is 0. The van der Waals surface area contributed by atoms with Gasteiger partial charge in [0.1, 0.15) is 24.4 Å². The van der Waals surface area contributed by atoms with E-state index in [2.05, 4.69) is 0 Å². The molecule has 0 aliphatic heterocycles. The van der Waals surface area contributed by atoms with Crippen LogP contribution in [-0.2, 0) is 4.79 Å². The van der Waals surface area contributed by atoms with Gasteiger partial charge < -0.3 is 35.4 Å². The minimum absolute atomic E-state index is 0.863. The van der Waals surface area contributed by atoms with Crippen LogP contribution in [0.15, 0.2) is 0 Å². The van der Waals surface area contributed by atoms with Crippen LogP contribution in [0.1, 0.15) is 0 Å². The zero-order valence-electron chi connectivity index (χ0n) is 6.57. The third kappa shape index (κ3) is 3.25. The summed E-state index contributed by atoms with van der Waals surface area (Å²) < 4.78 is 0. The number of carbonyl (C=O) groups excluding carboxylic acids is 1. The summed E-state index contributed by atoms with van der Waals surface area (Å²) in [5.74, 6) is -1.98. The molecule has 7 heteroatoms. The van der Waals surface area contributed by atoms with E-state index in [0.717, 1.165) is 0 Å². The number of aliphatic hydroxyl groups excluding tert-OH is 5. The molecule has 0 bridgehead atoms. The molecule has 13 heavy (non-hydrogen) atoms. The second-order valence-electron chi connectivity index (χ2n) is 2.49. The number of carboxylic acid groups (broad SMARTS) is 1. The lowest BCUT2D eigenvalue weighted by Gasteiger charge is -2.25. The smallest absolute Gasteiger partial charge is 0.122 e. The van der Waals surface area contributed by atoms with Crippen molar-refractivity contribution in [2.75, 3.05) is 6.61 Å². The van der Waals surface area contributed by atoms with Crippen LogP contribution < -0.4 is 5.11 Å². The van der Waals surface area contributed by atoms with Gasteiger partial charge in [0.05, 0.1) is 12.6 Å². The first-order valence-corrected chi connectivity index (χ1v) is 3.45. The van der Waals surface area contributed by atoms with E-state index in [1.54, 1.807) is 0 Å². The monoisotopic (exact) mass is 195 g/mol. The number of aliphatic carboxylic acids is 1. The van der Waals surface area contributed by atoms with Crippen LogP contribution in [0.5, 0.6) is 0 Å². The van der Waals surface area contributed by atoms with E-state index in [1.807, 2.05) is 0 Å². The van der Waals surface area contributed by atoms with Crippen molar-refractivity contribution in [3.8, 4) is 0 Å². The molecule has 0 aliphatic rings. The van der Waals surface area contributed by atoms with E-state index < -0.39 is 37.0 Å². The van der Waals surface area contributed by atoms with E-state index in [0.29, 0.717) is 0 Å². The van der Waals surface area contributed by atoms with Crippen LogP contribution in [0.3, 0.4) is 0 Å². The predicted octanol–water partition coefficient (Wildman–Crippen LogP) is -4.83. The predicted molar refractivity (Wildman–Crippen MR) is 36.1 cm³/mol. The molecule has 78 valence electrons. The standard InChI is InChI=1S/C6H12O7/c7-1-2(8)3(9)4(10)5(11)6(12)13/h2-5,7-11H,1H2,(H,12,13)/p-1/t2-,3+,4-,5-/m0/s1. The molecule has 7 nitrogen and oxygen atoms in total. The fourth-order valence-electron chi connectivity index (χ4n) is 0.662. The Bertz CT molecular complexity index is 170. The van der Waals surface area contributed by atoms with Gasteiger partial charge in [-0.3, -0.25) is 0 Å². The maximum atomic E-state index is 9.98. The Hall–Kier alpha value is -0.730. The molecule has 0 saturated carbocycles. The number of rotatable bonds is 5. The molecule has 0 saturated heterocycles. The van der Waals surface area contributed by atoms with Gasteiger partial charge in [0.25, 0.3) is 0 Å². The third-order valence-corrected chi connectivity index (χ3v) is 1.50. The summed E-state index contributed by atoms with van der Waals surface area (Å²) in [6, 6.07) is 0. The summed E-state index contributed by atoms with van der Waals surface area (Å²) in [6.07, 6.45) is -8.08. The summed E-state index contributed by atoms with van der Waals surface area (Å²) in [5, 5.41) is 53.4. The Morgan fingerprint density at radius 3 is 1.92 bits per heavy atom. The summed E-state index contributed by atoms with van der Waals surface area (Å²) in [4.78, 5) is 9.98. The molecule has 0 spiro atoms. The first kappa shape index (κ1) is 12.3. The molecule has 5 N–H and O–H groups in total. The highest BCUT2D eigenvalue weighted by Crippen LogP contribution is 2.04. The van der Waals surface area contributed by atoms with Gasteiger partial charge in [-0.1, -0.05) is 0 Å². The van der Waals surface area contributed by atoms with Crippen LogP contribution in [-0.4, -0.2) is 62.5 Å². The SMILES string of the molecule is O=C([O-])[C@@H](O)[C@@H](O)[C@H](O)[C@@H](O)CO. The van der Waals surface area contributed by atoms with E-state index >= 15 is 0 Å². The number of carboxylic acids is 1. The van der Waals surface area contributed by atoms with Crippen molar-refractivity contribution in [3.63, 3.8) is 0 Å². The highest BCUT2D eigenvalue weighted by Gasteiger charge is 2.30. The van der Waals surface area contributed by atoms with Crippen LogP contribution in [0.25, 0.3) is 0 Å². The van der Waals surface area contributed by atoms with Gasteiger partial charge in [0.2, 0.25) is 0 Å². The largest absolute Gasteiger partial charge is 0.547 e. The van der Waals surface area contributed by atoms with Gasteiger partial charge in [0.15, 0.2) is 0 Å². The molecule has 0 heterocycles. The minimum Gasteiger partial charge on any atom is -0.547 e. The van der Waals surface area contributed by atoms with Crippen LogP contribution in [0, 0.1) is 0 Å². The summed E-state index contributed by atoms with van der Waals surface area (Å²) in [7, 11) is 0. The first-order valence-electron chi connectivity index (χ1n) is 3.45. The Labute approximate surface area is 73.5 Å². The molecule has 0 fully saturated rings. The van der Waals surface area contributed by atoms with Gasteiger partial charge >= 0.3 is 0 Å². The van der Waals surface area contributed by atoms with Crippen molar-refractivity contribution in [2.45, 2.75) is 24.4 Å². The van der Waals surface area contributed by atoms with Gasteiger partial charge in [-0.25, -0.2) is 0 Å². The van der Waals surface area contributed by atoms with Crippen LogP contribution >= 0.6 is 0 Å². The van der Waals surface area contributed by atoms with Gasteiger partial charge in [-0.05, 0) is 0 Å². The molecule has 0 unspecified atom stereocenters. The van der Waals surface area contributed by atoms with Crippen LogP contribution in [0.4, 0.5) is 0 Å². The molecule has 0 radical (unpaired) electrons. The number of hydrogen-bond donors (Lipinski definition) is 5. The van der Waals surface area contributed by atoms with Crippen molar-refractivity contribution in [1.29, 1.82) is 0 Å². The third-order valence-electron chi connectivity index (χ3n) is 1.50. The Morgan fingerprint density at radius 1 is 1.15 bits per heavy atom. The highest BCUT2D eigenvalue weighted by molar-refractivity contribution is 5.70. The zero-order chi connectivity index (χ0) is 10.6. The van der Waals surface area contributed by atoms with Crippen molar-refractivity contribution >= 4 is 5.97 Å². The minimum atomic E-state index is -2.31. The summed E-state index contributed by atoms with van der Waals surface area (Å²) in [5.41, 5.74) is 0. The van der Waals surface area contributed by atoms with Crippen molar-refractivity contribution < 1.29 is 35.4 Å². The number of hydrogen-bond acceptors (Lipinski definition) is 7. The lowest BCUT2D eigenvalue weighted by molar-refractivity contribution is -0.320. The maximum absolute atomic E-state index is 9.98. The van der Waals surface area contributed by atoms with E-state index in [4.69, 9.17) is 25.5 Å². The normalized spacial score (nSPS) is 20.4. The quantitative estimate of drug-likeness (QED) is 0.296. The Balaban J connectivity index is 4.24. The Kier molecular flexibility index (Phi) is 4.81. The zero-order valence-corrected chi connectivity index (χ0v) is 6.57. The topological polar surface area (TPSA) is 141 Å². The molecule has 0 aromatic carbocycles.